The average Bonchev–Trinajstić information content (AvgIpc) is 3.97. The molecule has 0 saturated heterocycles. The lowest BCUT2D eigenvalue weighted by Gasteiger charge is -2.06. The Bertz CT molecular complexity index is 2480. The first kappa shape index (κ1) is 29.5. The molecular formula is C44H34N6+2. The minimum atomic E-state index is 0.894. The summed E-state index contributed by atoms with van der Waals surface area (Å²) >= 11 is 0. The van der Waals surface area contributed by atoms with Crippen molar-refractivity contribution in [3.05, 3.63) is 157 Å². The van der Waals surface area contributed by atoms with Crippen LogP contribution in [-0.4, -0.2) is 19.9 Å². The standard InChI is InChI=1S/C44H34N6/c1-49-25-9-15-31(27-49)43-37-21-17-33(45-37)41(29-11-5-3-6-12-29)35-19-23-39(47-35)44(32-16-10-26-50(2)28-32)40-24-20-36(48-40)42(30-13-7-4-8-14-30)34-18-22-38(43)46-34/h3-28,45,48H,1-2H3/q+2. The van der Waals surface area contributed by atoms with Gasteiger partial charge in [0.25, 0.3) is 0 Å². The number of pyridine rings is 2. The van der Waals surface area contributed by atoms with Gasteiger partial charge in [0.2, 0.25) is 0 Å². The summed E-state index contributed by atoms with van der Waals surface area (Å²) in [5, 5.41) is 0. The van der Waals surface area contributed by atoms with Crippen LogP contribution in [0.4, 0.5) is 0 Å². The van der Waals surface area contributed by atoms with Crippen LogP contribution in [0.5, 0.6) is 0 Å². The maximum Gasteiger partial charge on any atom is 0.176 e. The van der Waals surface area contributed by atoms with Crippen LogP contribution in [0.25, 0.3) is 90.9 Å². The smallest absolute Gasteiger partial charge is 0.176 e. The van der Waals surface area contributed by atoms with Gasteiger partial charge in [-0.3, -0.25) is 0 Å². The maximum atomic E-state index is 5.38. The van der Waals surface area contributed by atoms with E-state index in [1.54, 1.807) is 0 Å². The number of aromatic amines is 2. The van der Waals surface area contributed by atoms with Crippen LogP contribution in [0.1, 0.15) is 22.8 Å². The van der Waals surface area contributed by atoms with E-state index in [1.807, 2.05) is 38.6 Å². The molecule has 0 aliphatic carbocycles. The highest BCUT2D eigenvalue weighted by molar-refractivity contribution is 5.99. The van der Waals surface area contributed by atoms with Crippen molar-refractivity contribution in [2.45, 2.75) is 0 Å². The van der Waals surface area contributed by atoms with Crippen molar-refractivity contribution in [1.29, 1.82) is 0 Å². The van der Waals surface area contributed by atoms with Crippen molar-refractivity contribution in [3.8, 4) is 44.5 Å². The SMILES string of the molecule is C[n+]1cccc(-c2c3nc(c(-c4ccccc4)c4ccc([nH]4)c(-c4ccc[n+](C)c4)c4nc(c(-c5ccccc5)c5ccc2[nH]5)C=C4)C=C3)c1. The molecule has 0 fully saturated rings. The molecule has 0 spiro atoms. The highest BCUT2D eigenvalue weighted by atomic mass is 14.9. The summed E-state index contributed by atoms with van der Waals surface area (Å²) in [4.78, 5) is 18.4. The number of aryl methyl sites for hydroxylation is 2. The van der Waals surface area contributed by atoms with Crippen molar-refractivity contribution >= 4 is 46.4 Å². The molecule has 8 bridgehead atoms. The molecule has 0 atom stereocenters. The van der Waals surface area contributed by atoms with E-state index in [0.29, 0.717) is 0 Å². The van der Waals surface area contributed by atoms with Gasteiger partial charge in [0.05, 0.1) is 22.8 Å². The number of aromatic nitrogens is 6. The fourth-order valence-corrected chi connectivity index (χ4v) is 7.10. The second-order valence-corrected chi connectivity index (χ2v) is 12.8. The molecule has 7 heterocycles. The predicted octanol–water partition coefficient (Wildman–Crippen LogP) is 8.97. The zero-order valence-electron chi connectivity index (χ0n) is 27.8. The molecular weight excluding hydrogens is 613 g/mol. The van der Waals surface area contributed by atoms with Crippen LogP contribution in [0, 0.1) is 0 Å². The third-order valence-electron chi connectivity index (χ3n) is 9.34. The van der Waals surface area contributed by atoms with Gasteiger partial charge in [-0.25, -0.2) is 19.1 Å². The largest absolute Gasteiger partial charge is 0.354 e. The third kappa shape index (κ3) is 5.24. The number of rotatable bonds is 4. The van der Waals surface area contributed by atoms with Crippen LogP contribution in [0.15, 0.2) is 134 Å². The molecule has 6 nitrogen and oxygen atoms in total. The first-order valence-electron chi connectivity index (χ1n) is 16.8. The molecule has 6 heteroatoms. The van der Waals surface area contributed by atoms with E-state index >= 15 is 0 Å². The molecule has 0 unspecified atom stereocenters. The zero-order valence-corrected chi connectivity index (χ0v) is 27.8. The summed E-state index contributed by atoms with van der Waals surface area (Å²) < 4.78 is 4.16. The minimum absolute atomic E-state index is 0.894. The first-order valence-corrected chi connectivity index (χ1v) is 16.8. The summed E-state index contributed by atoms with van der Waals surface area (Å²) in [6, 6.07) is 38.1. The van der Waals surface area contributed by atoms with Crippen molar-refractivity contribution in [3.63, 3.8) is 0 Å². The molecule has 5 aromatic heterocycles. The second kappa shape index (κ2) is 12.1. The van der Waals surface area contributed by atoms with Gasteiger partial charge in [-0.05, 0) is 71.8 Å². The van der Waals surface area contributed by atoms with Crippen molar-refractivity contribution in [1.82, 2.24) is 19.9 Å². The second-order valence-electron chi connectivity index (χ2n) is 12.8. The van der Waals surface area contributed by atoms with E-state index in [-0.39, 0.29) is 0 Å². The van der Waals surface area contributed by atoms with Gasteiger partial charge in [-0.15, -0.1) is 0 Å². The molecule has 2 N–H and O–H groups in total. The molecule has 238 valence electrons. The number of nitrogens with one attached hydrogen (secondary N) is 2. The minimum Gasteiger partial charge on any atom is -0.354 e. The van der Waals surface area contributed by atoms with E-state index < -0.39 is 0 Å². The van der Waals surface area contributed by atoms with Gasteiger partial charge in [-0.1, -0.05) is 60.7 Å². The molecule has 9 rings (SSSR count). The van der Waals surface area contributed by atoms with Crippen LogP contribution >= 0.6 is 0 Å². The zero-order chi connectivity index (χ0) is 33.6. The summed E-state index contributed by atoms with van der Waals surface area (Å²) in [6.07, 6.45) is 16.9. The maximum absolute atomic E-state index is 5.38. The van der Waals surface area contributed by atoms with Crippen molar-refractivity contribution in [2.24, 2.45) is 14.1 Å². The van der Waals surface area contributed by atoms with E-state index in [9.17, 15) is 0 Å². The Hall–Kier alpha value is -6.66. The summed E-state index contributed by atoms with van der Waals surface area (Å²) in [6.45, 7) is 0. The fraction of sp³-hybridized carbons (Fsp3) is 0.0455. The van der Waals surface area contributed by atoms with E-state index in [1.165, 1.54) is 0 Å². The van der Waals surface area contributed by atoms with E-state index in [4.69, 9.17) is 9.97 Å². The Kier molecular flexibility index (Phi) is 7.13. The molecule has 0 amide bonds. The molecule has 2 aliphatic rings. The molecule has 7 aromatic rings. The Morgan fingerprint density at radius 3 is 1.04 bits per heavy atom. The average molecular weight is 647 g/mol. The third-order valence-corrected chi connectivity index (χ3v) is 9.34. The van der Waals surface area contributed by atoms with Gasteiger partial charge in [0.1, 0.15) is 14.1 Å². The fourth-order valence-electron chi connectivity index (χ4n) is 7.10. The molecule has 2 aliphatic heterocycles. The summed E-state index contributed by atoms with van der Waals surface area (Å²) in [7, 11) is 4.10. The number of benzene rings is 2. The topological polar surface area (TPSA) is 65.1 Å². The highest BCUT2D eigenvalue weighted by Crippen LogP contribution is 2.37. The van der Waals surface area contributed by atoms with Gasteiger partial charge >= 0.3 is 0 Å². The van der Waals surface area contributed by atoms with Gasteiger partial charge in [0.15, 0.2) is 24.8 Å². The number of nitrogens with zero attached hydrogens (tertiary/aromatic N) is 4. The molecule has 0 radical (unpaired) electrons. The number of fused-ring (bicyclic) bond motifs is 8. The Morgan fingerprint density at radius 1 is 0.380 bits per heavy atom. The Morgan fingerprint density at radius 2 is 0.700 bits per heavy atom. The van der Waals surface area contributed by atoms with Crippen LogP contribution in [0.2, 0.25) is 0 Å². The van der Waals surface area contributed by atoms with Crippen LogP contribution in [-0.2, 0) is 14.1 Å². The van der Waals surface area contributed by atoms with E-state index in [2.05, 4.69) is 153 Å². The Labute approximate surface area is 290 Å². The first-order chi connectivity index (χ1) is 24.6. The molecule has 2 aromatic carbocycles. The molecule has 50 heavy (non-hydrogen) atoms. The lowest BCUT2D eigenvalue weighted by atomic mass is 10.0. The lowest BCUT2D eigenvalue weighted by Crippen LogP contribution is -2.26. The van der Waals surface area contributed by atoms with Crippen LogP contribution < -0.4 is 9.13 Å². The summed E-state index contributed by atoms with van der Waals surface area (Å²) in [5.41, 5.74) is 16.0. The predicted molar refractivity (Wildman–Crippen MR) is 203 cm³/mol. The highest BCUT2D eigenvalue weighted by Gasteiger charge is 2.20. The van der Waals surface area contributed by atoms with Crippen molar-refractivity contribution in [2.75, 3.05) is 0 Å². The number of hydrogen-bond donors (Lipinski definition) is 2. The molecule has 0 saturated carbocycles. The number of hydrogen-bond acceptors (Lipinski definition) is 2. The Balaban J connectivity index is 1.49. The summed E-state index contributed by atoms with van der Waals surface area (Å²) in [5.74, 6) is 0. The van der Waals surface area contributed by atoms with Gasteiger partial charge < -0.3 is 9.97 Å². The normalized spacial score (nSPS) is 12.0. The lowest BCUT2D eigenvalue weighted by molar-refractivity contribution is -0.671. The van der Waals surface area contributed by atoms with E-state index in [0.717, 1.165) is 89.4 Å². The monoisotopic (exact) mass is 646 g/mol. The quantitative estimate of drug-likeness (QED) is 0.188. The van der Waals surface area contributed by atoms with Gasteiger partial charge in [0, 0.05) is 67.6 Å². The van der Waals surface area contributed by atoms with Gasteiger partial charge in [-0.2, -0.15) is 0 Å². The number of H-pyrrole nitrogens is 2. The van der Waals surface area contributed by atoms with Crippen molar-refractivity contribution < 1.29 is 9.13 Å². The van der Waals surface area contributed by atoms with Crippen LogP contribution in [0.3, 0.4) is 0 Å².